The molecule has 0 saturated carbocycles. The summed E-state index contributed by atoms with van der Waals surface area (Å²) in [6, 6.07) is 3.06. The summed E-state index contributed by atoms with van der Waals surface area (Å²) in [7, 11) is 0. The van der Waals surface area contributed by atoms with Crippen molar-refractivity contribution in [1.82, 2.24) is 9.97 Å². The normalized spacial score (nSPS) is 11.5. The van der Waals surface area contributed by atoms with Crippen LogP contribution in [0.15, 0.2) is 24.5 Å². The Hall–Kier alpha value is -2.02. The van der Waals surface area contributed by atoms with E-state index in [0.29, 0.717) is 29.3 Å². The third kappa shape index (κ3) is 3.36. The number of hydrogen-bond acceptors (Lipinski definition) is 4. The molecule has 112 valence electrons. The van der Waals surface area contributed by atoms with Gasteiger partial charge in [-0.3, -0.25) is 0 Å². The minimum absolute atomic E-state index is 0.0518. The largest absolute Gasteiger partial charge is 0.416 e. The van der Waals surface area contributed by atoms with Crippen LogP contribution in [0, 0.1) is 0 Å². The van der Waals surface area contributed by atoms with Crippen LogP contribution in [0.4, 0.5) is 30.5 Å². The van der Waals surface area contributed by atoms with E-state index in [-0.39, 0.29) is 5.02 Å². The Morgan fingerprint density at radius 2 is 2.00 bits per heavy atom. The fourth-order valence-corrected chi connectivity index (χ4v) is 2.03. The van der Waals surface area contributed by atoms with Crippen molar-refractivity contribution in [3.8, 4) is 0 Å². The molecule has 1 aromatic carbocycles. The monoisotopic (exact) mass is 316 g/mol. The predicted molar refractivity (Wildman–Crippen MR) is 75.6 cm³/mol. The van der Waals surface area contributed by atoms with Gasteiger partial charge in [-0.05, 0) is 24.6 Å². The molecule has 0 fully saturated rings. The van der Waals surface area contributed by atoms with Crippen LogP contribution in [0.1, 0.15) is 18.1 Å². The van der Waals surface area contributed by atoms with Gasteiger partial charge in [0.15, 0.2) is 0 Å². The fraction of sp³-hybridized carbons (Fsp3) is 0.231. The van der Waals surface area contributed by atoms with E-state index < -0.39 is 11.7 Å². The van der Waals surface area contributed by atoms with Crippen LogP contribution in [-0.4, -0.2) is 9.97 Å². The smallest absolute Gasteiger partial charge is 0.383 e. The first-order chi connectivity index (χ1) is 9.82. The number of nitrogens with zero attached hydrogens (tertiary/aromatic N) is 2. The number of halogens is 4. The summed E-state index contributed by atoms with van der Waals surface area (Å²) in [5.41, 5.74) is 5.91. The highest BCUT2D eigenvalue weighted by atomic mass is 35.5. The highest BCUT2D eigenvalue weighted by Gasteiger charge is 2.30. The summed E-state index contributed by atoms with van der Waals surface area (Å²) < 4.78 is 37.7. The number of nitrogen functional groups attached to an aromatic ring is 1. The second-order valence-corrected chi connectivity index (χ2v) is 4.66. The van der Waals surface area contributed by atoms with Gasteiger partial charge >= 0.3 is 6.18 Å². The number of nitrogens with one attached hydrogen (secondary N) is 1. The lowest BCUT2D eigenvalue weighted by Gasteiger charge is -2.13. The number of rotatable bonds is 3. The lowest BCUT2D eigenvalue weighted by atomic mass is 10.2. The van der Waals surface area contributed by atoms with Gasteiger partial charge < -0.3 is 11.1 Å². The van der Waals surface area contributed by atoms with Gasteiger partial charge in [0.25, 0.3) is 0 Å². The molecule has 3 N–H and O–H groups in total. The van der Waals surface area contributed by atoms with Crippen LogP contribution < -0.4 is 11.1 Å². The van der Waals surface area contributed by atoms with Crippen LogP contribution in [-0.2, 0) is 12.6 Å². The number of alkyl halides is 3. The van der Waals surface area contributed by atoms with Crippen molar-refractivity contribution in [3.05, 3.63) is 40.7 Å². The molecule has 0 amide bonds. The fourth-order valence-electron chi connectivity index (χ4n) is 1.80. The van der Waals surface area contributed by atoms with E-state index in [2.05, 4.69) is 15.3 Å². The Labute approximate surface area is 124 Å². The maximum atomic E-state index is 12.6. The molecule has 0 aliphatic rings. The molecule has 1 aromatic heterocycles. The van der Waals surface area contributed by atoms with E-state index in [1.54, 1.807) is 0 Å². The summed E-state index contributed by atoms with van der Waals surface area (Å²) in [6.45, 7) is 1.87. The molecule has 0 bridgehead atoms. The average molecular weight is 317 g/mol. The molecule has 2 aromatic rings. The van der Waals surface area contributed by atoms with Crippen molar-refractivity contribution < 1.29 is 13.2 Å². The highest BCUT2D eigenvalue weighted by Crippen LogP contribution is 2.35. The van der Waals surface area contributed by atoms with Gasteiger partial charge in [-0.15, -0.1) is 0 Å². The van der Waals surface area contributed by atoms with Gasteiger partial charge in [0.05, 0.1) is 16.3 Å². The van der Waals surface area contributed by atoms with Gasteiger partial charge in [0, 0.05) is 5.56 Å². The van der Waals surface area contributed by atoms with Crippen LogP contribution in [0.5, 0.6) is 0 Å². The number of nitrogens with two attached hydrogens (primary N) is 1. The van der Waals surface area contributed by atoms with Gasteiger partial charge in [-0.25, -0.2) is 9.97 Å². The quantitative estimate of drug-likeness (QED) is 0.897. The molecule has 2 rings (SSSR count). The molecule has 0 aliphatic heterocycles. The van der Waals surface area contributed by atoms with Crippen molar-refractivity contribution in [2.24, 2.45) is 0 Å². The Balaban J connectivity index is 2.35. The van der Waals surface area contributed by atoms with Crippen molar-refractivity contribution in [3.63, 3.8) is 0 Å². The lowest BCUT2D eigenvalue weighted by Crippen LogP contribution is -2.07. The number of benzene rings is 1. The molecule has 0 unspecified atom stereocenters. The first-order valence-electron chi connectivity index (χ1n) is 6.06. The summed E-state index contributed by atoms with van der Waals surface area (Å²) in [4.78, 5) is 7.90. The van der Waals surface area contributed by atoms with E-state index >= 15 is 0 Å². The highest BCUT2D eigenvalue weighted by molar-refractivity contribution is 6.33. The minimum atomic E-state index is -4.43. The molecule has 4 nitrogen and oxygen atoms in total. The van der Waals surface area contributed by atoms with Crippen molar-refractivity contribution in [1.29, 1.82) is 0 Å². The molecule has 0 atom stereocenters. The zero-order valence-electron chi connectivity index (χ0n) is 11.0. The first-order valence-corrected chi connectivity index (χ1v) is 6.43. The second kappa shape index (κ2) is 5.77. The number of hydrogen-bond donors (Lipinski definition) is 2. The van der Waals surface area contributed by atoms with E-state index in [1.807, 2.05) is 6.92 Å². The van der Waals surface area contributed by atoms with Gasteiger partial charge in [-0.1, -0.05) is 18.5 Å². The average Bonchev–Trinajstić information content (AvgIpc) is 2.40. The van der Waals surface area contributed by atoms with E-state index in [9.17, 15) is 13.2 Å². The third-order valence-electron chi connectivity index (χ3n) is 2.88. The summed E-state index contributed by atoms with van der Waals surface area (Å²) in [5, 5.41) is 2.83. The molecule has 8 heteroatoms. The Morgan fingerprint density at radius 3 is 2.57 bits per heavy atom. The standard InChI is InChI=1S/C13H12ClF3N4/c1-2-8-11(18)19-6-20-12(8)21-10-4-3-7(5-9(10)14)13(15,16)17/h3-6H,2H2,1H3,(H3,18,19,20,21). The van der Waals surface area contributed by atoms with Crippen molar-refractivity contribution in [2.45, 2.75) is 19.5 Å². The Morgan fingerprint density at radius 1 is 1.29 bits per heavy atom. The van der Waals surface area contributed by atoms with E-state index in [0.717, 1.165) is 12.1 Å². The molecule has 1 heterocycles. The van der Waals surface area contributed by atoms with Gasteiger partial charge in [-0.2, -0.15) is 13.2 Å². The van der Waals surface area contributed by atoms with E-state index in [1.165, 1.54) is 12.4 Å². The number of anilines is 3. The van der Waals surface area contributed by atoms with Crippen molar-refractivity contribution in [2.75, 3.05) is 11.1 Å². The Bertz CT molecular complexity index is 658. The van der Waals surface area contributed by atoms with Gasteiger partial charge in [0.2, 0.25) is 0 Å². The lowest BCUT2D eigenvalue weighted by molar-refractivity contribution is -0.137. The first kappa shape index (κ1) is 15.4. The molecule has 0 saturated heterocycles. The van der Waals surface area contributed by atoms with Crippen LogP contribution in [0.25, 0.3) is 0 Å². The molecular weight excluding hydrogens is 305 g/mol. The zero-order chi connectivity index (χ0) is 15.6. The Kier molecular flexibility index (Phi) is 4.22. The topological polar surface area (TPSA) is 63.8 Å². The zero-order valence-corrected chi connectivity index (χ0v) is 11.8. The molecule has 0 spiro atoms. The van der Waals surface area contributed by atoms with Crippen LogP contribution in [0.3, 0.4) is 0 Å². The molecule has 0 aliphatic carbocycles. The second-order valence-electron chi connectivity index (χ2n) is 4.26. The molecule has 0 radical (unpaired) electrons. The summed E-state index contributed by atoms with van der Waals surface area (Å²) in [5.74, 6) is 0.740. The summed E-state index contributed by atoms with van der Waals surface area (Å²) in [6.07, 6.45) is -2.59. The molecule has 21 heavy (non-hydrogen) atoms. The maximum Gasteiger partial charge on any atom is 0.416 e. The SMILES string of the molecule is CCc1c(N)ncnc1Nc1ccc(C(F)(F)F)cc1Cl. The van der Waals surface area contributed by atoms with Crippen LogP contribution in [0.2, 0.25) is 5.02 Å². The maximum absolute atomic E-state index is 12.6. The predicted octanol–water partition coefficient (Wildman–Crippen LogP) is 4.04. The van der Waals surface area contributed by atoms with Gasteiger partial charge in [0.1, 0.15) is 18.0 Å². The molecular formula is C13H12ClF3N4. The van der Waals surface area contributed by atoms with Crippen LogP contribution >= 0.6 is 11.6 Å². The number of aromatic nitrogens is 2. The third-order valence-corrected chi connectivity index (χ3v) is 3.19. The van der Waals surface area contributed by atoms with E-state index in [4.69, 9.17) is 17.3 Å². The summed E-state index contributed by atoms with van der Waals surface area (Å²) >= 11 is 5.88. The van der Waals surface area contributed by atoms with Crippen molar-refractivity contribution >= 4 is 28.9 Å². The minimum Gasteiger partial charge on any atom is -0.383 e.